The molecule has 1 aliphatic heterocycles. The zero-order valence-electron chi connectivity index (χ0n) is 12.6. The molecule has 2 unspecified atom stereocenters. The maximum absolute atomic E-state index is 13.8. The molecule has 1 heterocycles. The van der Waals surface area contributed by atoms with E-state index < -0.39 is 5.54 Å². The molecule has 114 valence electrons. The Bertz CT molecular complexity index is 561. The van der Waals surface area contributed by atoms with E-state index in [-0.39, 0.29) is 36.6 Å². The summed E-state index contributed by atoms with van der Waals surface area (Å²) in [5.74, 6) is -0.637. The van der Waals surface area contributed by atoms with Gasteiger partial charge in [-0.2, -0.15) is 0 Å². The average Bonchev–Trinajstić information content (AvgIpc) is 2.51. The number of carbonyl (C=O) groups excluding carboxylic acids is 2. The summed E-state index contributed by atoms with van der Waals surface area (Å²) in [4.78, 5) is 26.3. The van der Waals surface area contributed by atoms with Gasteiger partial charge in [0.15, 0.2) is 0 Å². The Hall–Kier alpha value is -1.91. The molecule has 1 fully saturated rings. The van der Waals surface area contributed by atoms with Crippen LogP contribution in [0.15, 0.2) is 24.3 Å². The third kappa shape index (κ3) is 3.06. The van der Waals surface area contributed by atoms with Gasteiger partial charge in [0, 0.05) is 24.6 Å². The minimum Gasteiger partial charge on any atom is -0.342 e. The third-order valence-corrected chi connectivity index (χ3v) is 4.17. The molecule has 0 aliphatic carbocycles. The molecule has 0 radical (unpaired) electrons. The summed E-state index contributed by atoms with van der Waals surface area (Å²) in [5, 5.41) is 2.79. The van der Waals surface area contributed by atoms with E-state index in [1.807, 2.05) is 13.8 Å². The first-order valence-electron chi connectivity index (χ1n) is 7.23. The van der Waals surface area contributed by atoms with Crippen LogP contribution < -0.4 is 5.32 Å². The molecular weight excluding hydrogens is 271 g/mol. The second kappa shape index (κ2) is 5.84. The van der Waals surface area contributed by atoms with Gasteiger partial charge in [-0.15, -0.1) is 0 Å². The summed E-state index contributed by atoms with van der Waals surface area (Å²) < 4.78 is 13.8. The molecule has 1 aromatic rings. The van der Waals surface area contributed by atoms with Crippen LogP contribution >= 0.6 is 0 Å². The van der Waals surface area contributed by atoms with Crippen LogP contribution in [-0.2, 0) is 16.1 Å². The van der Waals surface area contributed by atoms with Crippen molar-refractivity contribution in [3.05, 3.63) is 35.6 Å². The van der Waals surface area contributed by atoms with E-state index in [1.165, 1.54) is 6.07 Å². The predicted molar refractivity (Wildman–Crippen MR) is 77.9 cm³/mol. The molecule has 21 heavy (non-hydrogen) atoms. The van der Waals surface area contributed by atoms with E-state index in [0.29, 0.717) is 12.0 Å². The Morgan fingerprint density at radius 3 is 2.67 bits per heavy atom. The number of halogens is 1. The summed E-state index contributed by atoms with van der Waals surface area (Å²) >= 11 is 0. The van der Waals surface area contributed by atoms with Gasteiger partial charge in [0.25, 0.3) is 0 Å². The lowest BCUT2D eigenvalue weighted by Crippen LogP contribution is -2.55. The highest BCUT2D eigenvalue weighted by atomic mass is 19.1. The van der Waals surface area contributed by atoms with Gasteiger partial charge in [0.05, 0.1) is 0 Å². The molecule has 0 bridgehead atoms. The van der Waals surface area contributed by atoms with Gasteiger partial charge in [-0.3, -0.25) is 9.59 Å². The molecule has 4 nitrogen and oxygen atoms in total. The smallest absolute Gasteiger partial charge is 0.248 e. The van der Waals surface area contributed by atoms with Crippen LogP contribution in [0.25, 0.3) is 0 Å². The van der Waals surface area contributed by atoms with E-state index in [0.717, 1.165) is 0 Å². The van der Waals surface area contributed by atoms with Crippen molar-refractivity contribution >= 4 is 11.8 Å². The van der Waals surface area contributed by atoms with Gasteiger partial charge in [-0.05, 0) is 26.3 Å². The van der Waals surface area contributed by atoms with Crippen molar-refractivity contribution in [1.82, 2.24) is 10.2 Å². The first kappa shape index (κ1) is 15.5. The van der Waals surface area contributed by atoms with Gasteiger partial charge in [-0.1, -0.05) is 25.1 Å². The van der Waals surface area contributed by atoms with Crippen LogP contribution in [0.4, 0.5) is 4.39 Å². The molecule has 0 spiro atoms. The van der Waals surface area contributed by atoms with Crippen LogP contribution in [0.1, 0.15) is 39.2 Å². The molecule has 2 amide bonds. The third-order valence-electron chi connectivity index (χ3n) is 4.17. The van der Waals surface area contributed by atoms with E-state index in [2.05, 4.69) is 5.32 Å². The number of nitrogens with zero attached hydrogens (tertiary/aromatic N) is 1. The summed E-state index contributed by atoms with van der Waals surface area (Å²) in [6, 6.07) is 6.15. The maximum atomic E-state index is 13.8. The lowest BCUT2D eigenvalue weighted by molar-refractivity contribution is -0.140. The Balaban J connectivity index is 2.33. The fraction of sp³-hybridized carbons (Fsp3) is 0.500. The van der Waals surface area contributed by atoms with Crippen LogP contribution in [0.2, 0.25) is 0 Å². The first-order chi connectivity index (χ1) is 9.87. The molecular formula is C16H21FN2O2. The molecule has 0 saturated carbocycles. The van der Waals surface area contributed by atoms with E-state index >= 15 is 0 Å². The van der Waals surface area contributed by atoms with E-state index in [4.69, 9.17) is 0 Å². The SMILES string of the molecule is CCC1(C)NC(=O)CC(C)N(Cc2ccccc2F)C1=O. The second-order valence-corrected chi connectivity index (χ2v) is 5.81. The largest absolute Gasteiger partial charge is 0.342 e. The standard InChI is InChI=1S/C16H21FN2O2/c1-4-16(3)15(21)19(11(2)9-14(20)18-16)10-12-7-5-6-8-13(12)17/h5-8,11H,4,9-10H2,1-3H3,(H,18,20). The molecule has 2 atom stereocenters. The quantitative estimate of drug-likeness (QED) is 0.928. The summed E-state index contributed by atoms with van der Waals surface area (Å²) in [6.07, 6.45) is 0.730. The highest BCUT2D eigenvalue weighted by molar-refractivity contribution is 5.93. The molecule has 1 aliphatic rings. The fourth-order valence-corrected chi connectivity index (χ4v) is 2.59. The fourth-order valence-electron chi connectivity index (χ4n) is 2.59. The van der Waals surface area contributed by atoms with Crippen molar-refractivity contribution in [2.45, 2.75) is 51.7 Å². The van der Waals surface area contributed by atoms with Gasteiger partial charge < -0.3 is 10.2 Å². The number of hydrogen-bond acceptors (Lipinski definition) is 2. The van der Waals surface area contributed by atoms with E-state index in [9.17, 15) is 14.0 Å². The lowest BCUT2D eigenvalue weighted by Gasteiger charge is -2.33. The van der Waals surface area contributed by atoms with Crippen LogP contribution in [-0.4, -0.2) is 28.3 Å². The molecule has 1 saturated heterocycles. The predicted octanol–water partition coefficient (Wildman–Crippen LogP) is 2.23. The highest BCUT2D eigenvalue weighted by Gasteiger charge is 2.41. The number of rotatable bonds is 3. The Morgan fingerprint density at radius 1 is 1.38 bits per heavy atom. The number of benzene rings is 1. The van der Waals surface area contributed by atoms with Crippen LogP contribution in [0.5, 0.6) is 0 Å². The van der Waals surface area contributed by atoms with Gasteiger partial charge in [0.1, 0.15) is 11.4 Å². The minimum absolute atomic E-state index is 0.142. The Kier molecular flexibility index (Phi) is 4.30. The zero-order valence-corrected chi connectivity index (χ0v) is 12.6. The number of hydrogen-bond donors (Lipinski definition) is 1. The summed E-state index contributed by atoms with van der Waals surface area (Å²) in [6.45, 7) is 5.58. The number of amides is 2. The van der Waals surface area contributed by atoms with Crippen molar-refractivity contribution < 1.29 is 14.0 Å². The maximum Gasteiger partial charge on any atom is 0.248 e. The van der Waals surface area contributed by atoms with Gasteiger partial charge >= 0.3 is 0 Å². The highest BCUT2D eigenvalue weighted by Crippen LogP contribution is 2.23. The Morgan fingerprint density at radius 2 is 2.05 bits per heavy atom. The lowest BCUT2D eigenvalue weighted by atomic mass is 9.96. The molecule has 0 aromatic heterocycles. The normalized spacial score (nSPS) is 26.5. The van der Waals surface area contributed by atoms with Crippen molar-refractivity contribution in [2.75, 3.05) is 0 Å². The molecule has 2 rings (SSSR count). The molecule has 1 aromatic carbocycles. The van der Waals surface area contributed by atoms with Crippen molar-refractivity contribution in [3.63, 3.8) is 0 Å². The van der Waals surface area contributed by atoms with Crippen LogP contribution in [0, 0.1) is 5.82 Å². The number of carbonyl (C=O) groups is 2. The first-order valence-corrected chi connectivity index (χ1v) is 7.23. The molecule has 1 N–H and O–H groups in total. The van der Waals surface area contributed by atoms with Crippen LogP contribution in [0.3, 0.4) is 0 Å². The average molecular weight is 292 g/mol. The van der Waals surface area contributed by atoms with Gasteiger partial charge in [0.2, 0.25) is 11.8 Å². The van der Waals surface area contributed by atoms with E-state index in [1.54, 1.807) is 30.0 Å². The second-order valence-electron chi connectivity index (χ2n) is 5.81. The summed E-state index contributed by atoms with van der Waals surface area (Å²) in [7, 11) is 0. The zero-order chi connectivity index (χ0) is 15.6. The topological polar surface area (TPSA) is 49.4 Å². The number of nitrogens with one attached hydrogen (secondary N) is 1. The van der Waals surface area contributed by atoms with Crippen molar-refractivity contribution in [3.8, 4) is 0 Å². The molecule has 5 heteroatoms. The monoisotopic (exact) mass is 292 g/mol. The minimum atomic E-state index is -0.924. The Labute approximate surface area is 124 Å². The van der Waals surface area contributed by atoms with Crippen molar-refractivity contribution in [1.29, 1.82) is 0 Å². The van der Waals surface area contributed by atoms with Gasteiger partial charge in [-0.25, -0.2) is 4.39 Å². The van der Waals surface area contributed by atoms with Crippen molar-refractivity contribution in [2.24, 2.45) is 0 Å². The summed E-state index contributed by atoms with van der Waals surface area (Å²) in [5.41, 5.74) is -0.460.